The zero-order chi connectivity index (χ0) is 17.3. The lowest BCUT2D eigenvalue weighted by atomic mass is 9.97. The van der Waals surface area contributed by atoms with Crippen LogP contribution in [0.25, 0.3) is 0 Å². The van der Waals surface area contributed by atoms with Gasteiger partial charge in [-0.25, -0.2) is 4.79 Å². The Hall–Kier alpha value is -2.21. The van der Waals surface area contributed by atoms with Crippen LogP contribution in [0.3, 0.4) is 0 Å². The maximum absolute atomic E-state index is 12.5. The zero-order valence-corrected chi connectivity index (χ0v) is 14.5. The van der Waals surface area contributed by atoms with Crippen LogP contribution in [0.1, 0.15) is 36.6 Å². The van der Waals surface area contributed by atoms with Crippen molar-refractivity contribution in [3.63, 3.8) is 0 Å². The van der Waals surface area contributed by atoms with Gasteiger partial charge < -0.3 is 15.3 Å². The van der Waals surface area contributed by atoms with Crippen LogP contribution in [0.2, 0.25) is 5.02 Å². The van der Waals surface area contributed by atoms with Gasteiger partial charge in [0.15, 0.2) is 0 Å². The summed E-state index contributed by atoms with van der Waals surface area (Å²) in [6.07, 6.45) is 1.59. The molecule has 3 rings (SSSR count). The summed E-state index contributed by atoms with van der Waals surface area (Å²) in [4.78, 5) is 25.4. The van der Waals surface area contributed by atoms with E-state index in [1.807, 2.05) is 19.1 Å². The third kappa shape index (κ3) is 3.06. The second-order valence-electron chi connectivity index (χ2n) is 6.01. The standard InChI is InChI=1S/C17H21ClN4O2/c1-3-10-5-6-13(18)12(4-2)16(10)19-17(24)22-8-11(9-22)14-7-15(23)21-20-14/h5-7,11H,3-4,8-9H2,1-2H3,(H,19,24)(H2,20,21,23). The maximum atomic E-state index is 12.5. The van der Waals surface area contributed by atoms with E-state index in [9.17, 15) is 9.59 Å². The molecule has 0 saturated carbocycles. The molecule has 1 saturated heterocycles. The van der Waals surface area contributed by atoms with E-state index in [1.54, 1.807) is 11.0 Å². The van der Waals surface area contributed by atoms with Crippen LogP contribution in [0, 0.1) is 0 Å². The van der Waals surface area contributed by atoms with E-state index in [4.69, 9.17) is 11.6 Å². The van der Waals surface area contributed by atoms with Crippen molar-refractivity contribution in [3.05, 3.63) is 50.4 Å². The van der Waals surface area contributed by atoms with E-state index in [0.29, 0.717) is 18.1 Å². The number of benzene rings is 1. The van der Waals surface area contributed by atoms with Gasteiger partial charge in [0.05, 0.1) is 5.69 Å². The molecule has 0 aliphatic carbocycles. The van der Waals surface area contributed by atoms with E-state index >= 15 is 0 Å². The number of aromatic amines is 2. The molecule has 3 N–H and O–H groups in total. The van der Waals surface area contributed by atoms with Gasteiger partial charge in [-0.05, 0) is 30.0 Å². The van der Waals surface area contributed by atoms with Gasteiger partial charge in [0.25, 0.3) is 5.56 Å². The molecule has 0 spiro atoms. The summed E-state index contributed by atoms with van der Waals surface area (Å²) in [5.74, 6) is 0.172. The molecule has 0 bridgehead atoms. The summed E-state index contributed by atoms with van der Waals surface area (Å²) >= 11 is 6.27. The normalized spacial score (nSPS) is 14.5. The summed E-state index contributed by atoms with van der Waals surface area (Å²) in [7, 11) is 0. The van der Waals surface area contributed by atoms with Crippen LogP contribution in [-0.4, -0.2) is 34.2 Å². The molecule has 0 unspecified atom stereocenters. The highest BCUT2D eigenvalue weighted by Crippen LogP contribution is 2.31. The number of carbonyl (C=O) groups is 1. The Morgan fingerprint density at radius 3 is 2.62 bits per heavy atom. The monoisotopic (exact) mass is 348 g/mol. The van der Waals surface area contributed by atoms with Crippen molar-refractivity contribution in [2.45, 2.75) is 32.6 Å². The summed E-state index contributed by atoms with van der Waals surface area (Å²) in [6.45, 7) is 5.25. The highest BCUT2D eigenvalue weighted by molar-refractivity contribution is 6.32. The average Bonchev–Trinajstić information content (AvgIpc) is 2.92. The van der Waals surface area contributed by atoms with Gasteiger partial charge in [-0.15, -0.1) is 0 Å². The Morgan fingerprint density at radius 1 is 1.29 bits per heavy atom. The molecule has 1 aliphatic heterocycles. The molecule has 1 aliphatic rings. The lowest BCUT2D eigenvalue weighted by Gasteiger charge is -2.38. The number of rotatable bonds is 4. The third-order valence-corrected chi connectivity index (χ3v) is 4.89. The van der Waals surface area contributed by atoms with Gasteiger partial charge in [-0.2, -0.15) is 0 Å². The maximum Gasteiger partial charge on any atom is 0.321 e. The number of likely N-dealkylation sites (tertiary alicyclic amines) is 1. The van der Waals surface area contributed by atoms with E-state index in [-0.39, 0.29) is 17.5 Å². The zero-order valence-electron chi connectivity index (χ0n) is 13.8. The number of hydrogen-bond donors (Lipinski definition) is 3. The second kappa shape index (κ2) is 6.73. The number of nitrogens with zero attached hydrogens (tertiary/aromatic N) is 1. The van der Waals surface area contributed by atoms with Gasteiger partial charge in [0.2, 0.25) is 0 Å². The summed E-state index contributed by atoms with van der Waals surface area (Å²) in [6, 6.07) is 5.26. The first kappa shape index (κ1) is 16.6. The molecule has 2 amide bonds. The van der Waals surface area contributed by atoms with Crippen LogP contribution in [0.5, 0.6) is 0 Å². The minimum atomic E-state index is -0.146. The van der Waals surface area contributed by atoms with Crippen LogP contribution in [-0.2, 0) is 12.8 Å². The van der Waals surface area contributed by atoms with Gasteiger partial charge in [0, 0.05) is 35.8 Å². The summed E-state index contributed by atoms with van der Waals surface area (Å²) in [5.41, 5.74) is 3.58. The number of halogens is 1. The number of carbonyl (C=O) groups excluding carboxylic acids is 1. The fraction of sp³-hybridized carbons (Fsp3) is 0.412. The number of aryl methyl sites for hydroxylation is 1. The molecule has 2 heterocycles. The Labute approximate surface area is 145 Å². The molecule has 7 heteroatoms. The summed E-state index contributed by atoms with van der Waals surface area (Å²) < 4.78 is 0. The average molecular weight is 349 g/mol. The molecule has 2 aromatic rings. The molecule has 128 valence electrons. The van der Waals surface area contributed by atoms with Gasteiger partial charge in [-0.1, -0.05) is 31.5 Å². The number of H-pyrrole nitrogens is 2. The summed E-state index contributed by atoms with van der Waals surface area (Å²) in [5, 5.41) is 9.07. The van der Waals surface area contributed by atoms with Crippen molar-refractivity contribution in [3.8, 4) is 0 Å². The lowest BCUT2D eigenvalue weighted by Crippen LogP contribution is -2.50. The molecule has 0 radical (unpaired) electrons. The minimum Gasteiger partial charge on any atom is -0.323 e. The van der Waals surface area contributed by atoms with Crippen LogP contribution in [0.4, 0.5) is 10.5 Å². The molecule has 1 fully saturated rings. The fourth-order valence-electron chi connectivity index (χ4n) is 3.06. The molecular weight excluding hydrogens is 328 g/mol. The van der Waals surface area contributed by atoms with E-state index in [0.717, 1.165) is 35.3 Å². The fourth-order valence-corrected chi connectivity index (χ4v) is 3.35. The first-order chi connectivity index (χ1) is 11.5. The van der Waals surface area contributed by atoms with Crippen molar-refractivity contribution < 1.29 is 4.79 Å². The van der Waals surface area contributed by atoms with Crippen molar-refractivity contribution in [2.75, 3.05) is 18.4 Å². The first-order valence-corrected chi connectivity index (χ1v) is 8.55. The number of aromatic nitrogens is 2. The Balaban J connectivity index is 1.70. The van der Waals surface area contributed by atoms with Crippen molar-refractivity contribution in [1.82, 2.24) is 15.1 Å². The quantitative estimate of drug-likeness (QED) is 0.793. The van der Waals surface area contributed by atoms with Crippen LogP contribution < -0.4 is 10.9 Å². The highest BCUT2D eigenvalue weighted by Gasteiger charge is 2.33. The largest absolute Gasteiger partial charge is 0.323 e. The highest BCUT2D eigenvalue weighted by atomic mass is 35.5. The predicted molar refractivity (Wildman–Crippen MR) is 95.0 cm³/mol. The third-order valence-electron chi connectivity index (χ3n) is 4.53. The SMILES string of the molecule is CCc1ccc(Cl)c(CC)c1NC(=O)N1CC(c2cc(=O)[nH][nH]2)C1. The van der Waals surface area contributed by atoms with E-state index in [1.165, 1.54) is 0 Å². The van der Waals surface area contributed by atoms with Crippen LogP contribution >= 0.6 is 11.6 Å². The number of amides is 2. The molecule has 24 heavy (non-hydrogen) atoms. The van der Waals surface area contributed by atoms with Crippen molar-refractivity contribution in [1.29, 1.82) is 0 Å². The number of urea groups is 1. The number of anilines is 1. The number of nitrogens with one attached hydrogen (secondary N) is 3. The Morgan fingerprint density at radius 2 is 2.04 bits per heavy atom. The molecule has 0 atom stereocenters. The lowest BCUT2D eigenvalue weighted by molar-refractivity contribution is 0.162. The topological polar surface area (TPSA) is 81.0 Å². The van der Waals surface area contributed by atoms with Crippen molar-refractivity contribution >= 4 is 23.3 Å². The smallest absolute Gasteiger partial charge is 0.321 e. The number of hydrogen-bond acceptors (Lipinski definition) is 2. The second-order valence-corrected chi connectivity index (χ2v) is 6.42. The predicted octanol–water partition coefficient (Wildman–Crippen LogP) is 3.11. The molecular formula is C17H21ClN4O2. The van der Waals surface area contributed by atoms with Gasteiger partial charge in [0.1, 0.15) is 0 Å². The Bertz CT molecular complexity index is 805. The van der Waals surface area contributed by atoms with E-state index in [2.05, 4.69) is 22.4 Å². The van der Waals surface area contributed by atoms with Gasteiger partial charge >= 0.3 is 6.03 Å². The van der Waals surface area contributed by atoms with Crippen molar-refractivity contribution in [2.24, 2.45) is 0 Å². The molecule has 1 aromatic heterocycles. The van der Waals surface area contributed by atoms with E-state index < -0.39 is 0 Å². The Kier molecular flexibility index (Phi) is 4.66. The molecule has 6 nitrogen and oxygen atoms in total. The first-order valence-electron chi connectivity index (χ1n) is 8.17. The van der Waals surface area contributed by atoms with Crippen LogP contribution in [0.15, 0.2) is 23.0 Å². The minimum absolute atomic E-state index is 0.129. The van der Waals surface area contributed by atoms with Gasteiger partial charge in [-0.3, -0.25) is 9.89 Å². The molecule has 1 aromatic carbocycles.